The van der Waals surface area contributed by atoms with E-state index in [2.05, 4.69) is 41.9 Å². The Morgan fingerprint density at radius 2 is 2.37 bits per heavy atom. The molecule has 0 bridgehead atoms. The van der Waals surface area contributed by atoms with Crippen molar-refractivity contribution in [2.75, 3.05) is 5.32 Å². The van der Waals surface area contributed by atoms with Gasteiger partial charge in [-0.1, -0.05) is 27.5 Å². The standard InChI is InChI=1S/C10H5BrClFN6/c11-6-1-7(12)9(8(13)2-6)15-4-5(3-14)10-16-18-19-17-10/h1-2,4,15H,(H,16,17,18,19). The molecule has 0 spiro atoms. The van der Waals surface area contributed by atoms with E-state index in [0.717, 1.165) is 0 Å². The van der Waals surface area contributed by atoms with E-state index in [-0.39, 0.29) is 22.1 Å². The third-order valence-corrected chi connectivity index (χ3v) is 2.83. The molecule has 0 aliphatic rings. The van der Waals surface area contributed by atoms with Gasteiger partial charge in [0.1, 0.15) is 17.5 Å². The SMILES string of the molecule is N#CC(=CNc1c(F)cc(Br)cc1Cl)c1nn[nH]n1. The van der Waals surface area contributed by atoms with E-state index in [1.54, 1.807) is 0 Å². The van der Waals surface area contributed by atoms with Crippen LogP contribution in [0.15, 0.2) is 22.8 Å². The topological polar surface area (TPSA) is 90.3 Å². The van der Waals surface area contributed by atoms with Gasteiger partial charge in [0.25, 0.3) is 0 Å². The van der Waals surface area contributed by atoms with Crippen LogP contribution in [0.25, 0.3) is 5.57 Å². The summed E-state index contributed by atoms with van der Waals surface area (Å²) >= 11 is 9.01. The van der Waals surface area contributed by atoms with Gasteiger partial charge in [-0.3, -0.25) is 0 Å². The second kappa shape index (κ2) is 5.77. The van der Waals surface area contributed by atoms with Crippen LogP contribution in [0, 0.1) is 17.1 Å². The van der Waals surface area contributed by atoms with Crippen LogP contribution in [-0.4, -0.2) is 20.6 Å². The molecule has 0 radical (unpaired) electrons. The highest BCUT2D eigenvalue weighted by molar-refractivity contribution is 9.10. The highest BCUT2D eigenvalue weighted by Gasteiger charge is 2.10. The summed E-state index contributed by atoms with van der Waals surface area (Å²) in [5.41, 5.74) is 0.147. The average molecular weight is 344 g/mol. The molecule has 0 saturated carbocycles. The minimum Gasteiger partial charge on any atom is -0.357 e. The van der Waals surface area contributed by atoms with E-state index >= 15 is 0 Å². The van der Waals surface area contributed by atoms with Gasteiger partial charge < -0.3 is 5.32 Å². The second-order valence-electron chi connectivity index (χ2n) is 3.29. The zero-order valence-corrected chi connectivity index (χ0v) is 11.5. The lowest BCUT2D eigenvalue weighted by Gasteiger charge is -2.06. The van der Waals surface area contributed by atoms with Gasteiger partial charge in [-0.05, 0) is 17.3 Å². The fourth-order valence-corrected chi connectivity index (χ4v) is 2.07. The third-order valence-electron chi connectivity index (χ3n) is 2.07. The van der Waals surface area contributed by atoms with Crippen LogP contribution >= 0.6 is 27.5 Å². The molecule has 0 aliphatic carbocycles. The first-order valence-corrected chi connectivity index (χ1v) is 6.04. The molecular formula is C10H5BrClFN6. The van der Waals surface area contributed by atoms with Gasteiger partial charge in [0.05, 0.1) is 10.7 Å². The van der Waals surface area contributed by atoms with Crippen LogP contribution in [0.1, 0.15) is 5.82 Å². The molecule has 2 aromatic rings. The summed E-state index contributed by atoms with van der Waals surface area (Å²) in [5.74, 6) is -0.454. The molecule has 0 atom stereocenters. The van der Waals surface area contributed by atoms with Crippen LogP contribution in [0.3, 0.4) is 0 Å². The van der Waals surface area contributed by atoms with E-state index in [1.807, 2.05) is 6.07 Å². The quantitative estimate of drug-likeness (QED) is 0.836. The van der Waals surface area contributed by atoms with Crippen molar-refractivity contribution < 1.29 is 4.39 Å². The van der Waals surface area contributed by atoms with Crippen LogP contribution < -0.4 is 5.32 Å². The number of benzene rings is 1. The summed E-state index contributed by atoms with van der Waals surface area (Å²) in [6.45, 7) is 0. The molecule has 2 rings (SSSR count). The number of tetrazole rings is 1. The molecule has 0 fully saturated rings. The number of H-pyrrole nitrogens is 1. The number of rotatable bonds is 3. The molecule has 9 heteroatoms. The molecule has 1 aromatic heterocycles. The normalized spacial score (nSPS) is 11.2. The van der Waals surface area contributed by atoms with Crippen LogP contribution in [0.5, 0.6) is 0 Å². The maximum atomic E-state index is 13.7. The number of halogens is 3. The Balaban J connectivity index is 2.30. The zero-order valence-electron chi connectivity index (χ0n) is 9.15. The Labute approximate surface area is 120 Å². The smallest absolute Gasteiger partial charge is 0.216 e. The number of hydrogen-bond donors (Lipinski definition) is 2. The van der Waals surface area contributed by atoms with Crippen LogP contribution in [0.2, 0.25) is 5.02 Å². The van der Waals surface area contributed by atoms with Crippen molar-refractivity contribution in [3.63, 3.8) is 0 Å². The van der Waals surface area contributed by atoms with Gasteiger partial charge in [0, 0.05) is 10.7 Å². The number of hydrogen-bond acceptors (Lipinski definition) is 5. The predicted octanol–water partition coefficient (Wildman–Crippen LogP) is 2.73. The summed E-state index contributed by atoms with van der Waals surface area (Å²) in [5, 5.41) is 24.6. The number of aromatic nitrogens is 4. The van der Waals surface area contributed by atoms with E-state index in [0.29, 0.717) is 4.47 Å². The van der Waals surface area contributed by atoms with Crippen molar-refractivity contribution >= 4 is 38.8 Å². The lowest BCUT2D eigenvalue weighted by molar-refractivity contribution is 0.631. The lowest BCUT2D eigenvalue weighted by atomic mass is 10.2. The number of nitrogens with zero attached hydrogens (tertiary/aromatic N) is 4. The monoisotopic (exact) mass is 342 g/mol. The maximum Gasteiger partial charge on any atom is 0.216 e. The van der Waals surface area contributed by atoms with Crippen LogP contribution in [-0.2, 0) is 0 Å². The largest absolute Gasteiger partial charge is 0.357 e. The van der Waals surface area contributed by atoms with E-state index in [9.17, 15) is 4.39 Å². The first kappa shape index (κ1) is 13.5. The van der Waals surface area contributed by atoms with Crippen molar-refractivity contribution in [1.82, 2.24) is 20.6 Å². The molecule has 19 heavy (non-hydrogen) atoms. The van der Waals surface area contributed by atoms with E-state index < -0.39 is 5.82 Å². The van der Waals surface area contributed by atoms with E-state index in [4.69, 9.17) is 16.9 Å². The maximum absolute atomic E-state index is 13.7. The Kier molecular flexibility index (Phi) is 4.09. The highest BCUT2D eigenvalue weighted by atomic mass is 79.9. The van der Waals surface area contributed by atoms with Crippen LogP contribution in [0.4, 0.5) is 10.1 Å². The summed E-state index contributed by atoms with van der Waals surface area (Å²) < 4.78 is 14.2. The van der Waals surface area contributed by atoms with Gasteiger partial charge in [-0.2, -0.15) is 10.5 Å². The van der Waals surface area contributed by atoms with Gasteiger partial charge in [0.2, 0.25) is 5.82 Å². The number of aromatic amines is 1. The third kappa shape index (κ3) is 3.07. The van der Waals surface area contributed by atoms with Gasteiger partial charge in [-0.15, -0.1) is 10.2 Å². The van der Waals surface area contributed by atoms with Gasteiger partial charge in [0.15, 0.2) is 0 Å². The van der Waals surface area contributed by atoms with Crippen molar-refractivity contribution in [3.8, 4) is 6.07 Å². The Morgan fingerprint density at radius 1 is 1.58 bits per heavy atom. The minimum atomic E-state index is -0.555. The number of anilines is 1. The summed E-state index contributed by atoms with van der Waals surface area (Å²) in [6.07, 6.45) is 1.25. The Morgan fingerprint density at radius 3 is 2.95 bits per heavy atom. The molecule has 0 aliphatic heterocycles. The van der Waals surface area contributed by atoms with Gasteiger partial charge in [-0.25, -0.2) is 4.39 Å². The fraction of sp³-hybridized carbons (Fsp3) is 0. The molecule has 0 saturated heterocycles. The zero-order chi connectivity index (χ0) is 13.8. The van der Waals surface area contributed by atoms with Gasteiger partial charge >= 0.3 is 0 Å². The van der Waals surface area contributed by atoms with Crippen molar-refractivity contribution in [1.29, 1.82) is 5.26 Å². The molecule has 0 amide bonds. The molecule has 1 aromatic carbocycles. The second-order valence-corrected chi connectivity index (χ2v) is 4.62. The Hall–Kier alpha value is -1.98. The first-order chi connectivity index (χ1) is 9.11. The number of nitriles is 1. The molecular weight excluding hydrogens is 339 g/mol. The minimum absolute atomic E-state index is 0.0566. The molecule has 1 heterocycles. The summed E-state index contributed by atoms with van der Waals surface area (Å²) in [6, 6.07) is 4.65. The average Bonchev–Trinajstić information content (AvgIpc) is 2.86. The summed E-state index contributed by atoms with van der Waals surface area (Å²) in [7, 11) is 0. The lowest BCUT2D eigenvalue weighted by Crippen LogP contribution is -1.96. The van der Waals surface area contributed by atoms with Crippen molar-refractivity contribution in [2.24, 2.45) is 0 Å². The Bertz CT molecular complexity index is 640. The summed E-state index contributed by atoms with van der Waals surface area (Å²) in [4.78, 5) is 0. The molecule has 0 unspecified atom stereocenters. The fourth-order valence-electron chi connectivity index (χ4n) is 1.25. The van der Waals surface area contributed by atoms with Crippen molar-refractivity contribution in [3.05, 3.63) is 39.5 Å². The predicted molar refractivity (Wildman–Crippen MR) is 70.5 cm³/mol. The molecule has 96 valence electrons. The number of allylic oxidation sites excluding steroid dienone is 1. The highest BCUT2D eigenvalue weighted by Crippen LogP contribution is 2.29. The first-order valence-electron chi connectivity index (χ1n) is 4.87. The molecule has 6 nitrogen and oxygen atoms in total. The van der Waals surface area contributed by atoms with Crippen molar-refractivity contribution in [2.45, 2.75) is 0 Å². The molecule has 2 N–H and O–H groups in total. The van der Waals surface area contributed by atoms with E-state index in [1.165, 1.54) is 18.3 Å². The number of nitrogens with one attached hydrogen (secondary N) is 2.